The molecule has 2 rings (SSSR count). The average Bonchev–Trinajstić information content (AvgIpc) is 3.38. The summed E-state index contributed by atoms with van der Waals surface area (Å²) in [5, 5.41) is 0. The first kappa shape index (κ1) is 17.3. The first-order valence-corrected chi connectivity index (χ1v) is 9.63. The van der Waals surface area contributed by atoms with E-state index in [0.717, 1.165) is 13.2 Å². The first-order chi connectivity index (χ1) is 10.4. The Balaban J connectivity index is 1.24. The van der Waals surface area contributed by atoms with Crippen LogP contribution in [0.5, 0.6) is 0 Å². The third-order valence-corrected chi connectivity index (χ3v) is 4.76. The quantitative estimate of drug-likeness (QED) is 0.372. The minimum absolute atomic E-state index is 0.530. The predicted molar refractivity (Wildman–Crippen MR) is 88.7 cm³/mol. The molecule has 2 atom stereocenters. The summed E-state index contributed by atoms with van der Waals surface area (Å²) in [4.78, 5) is 0. The van der Waals surface area contributed by atoms with Crippen LogP contribution < -0.4 is 0 Å². The maximum Gasteiger partial charge on any atom is 0.0630 e. The fraction of sp³-hybridized carbons (Fsp3) is 1.00. The second-order valence-electron chi connectivity index (χ2n) is 7.12. The van der Waals surface area contributed by atoms with Crippen molar-refractivity contribution in [3.05, 3.63) is 0 Å². The number of hydrogen-bond acceptors (Lipinski definition) is 2. The van der Waals surface area contributed by atoms with Gasteiger partial charge in [-0.25, -0.2) is 0 Å². The third kappa shape index (κ3) is 8.83. The Kier molecular flexibility index (Phi) is 8.73. The molecule has 124 valence electrons. The molecule has 0 aromatic heterocycles. The van der Waals surface area contributed by atoms with Gasteiger partial charge in [0.15, 0.2) is 0 Å². The van der Waals surface area contributed by atoms with Crippen LogP contribution in [0.4, 0.5) is 0 Å². The second-order valence-corrected chi connectivity index (χ2v) is 7.12. The molecule has 2 saturated carbocycles. The second kappa shape index (κ2) is 10.6. The van der Waals surface area contributed by atoms with Crippen molar-refractivity contribution in [3.8, 4) is 0 Å². The lowest BCUT2D eigenvalue weighted by Gasteiger charge is -2.05. The van der Waals surface area contributed by atoms with Crippen molar-refractivity contribution in [3.63, 3.8) is 0 Å². The number of hydrogen-bond donors (Lipinski definition) is 0. The van der Waals surface area contributed by atoms with Crippen molar-refractivity contribution in [2.45, 2.75) is 103 Å². The minimum Gasteiger partial charge on any atom is -0.378 e. The fourth-order valence-electron chi connectivity index (χ4n) is 2.92. The highest BCUT2D eigenvalue weighted by Gasteiger charge is 2.39. The fourth-order valence-corrected chi connectivity index (χ4v) is 2.92. The van der Waals surface area contributed by atoms with E-state index < -0.39 is 0 Å². The highest BCUT2D eigenvalue weighted by atomic mass is 16.5. The van der Waals surface area contributed by atoms with Crippen molar-refractivity contribution in [1.82, 2.24) is 0 Å². The molecule has 2 aliphatic rings. The molecule has 0 aromatic carbocycles. The highest BCUT2D eigenvalue weighted by Crippen LogP contribution is 2.36. The van der Waals surface area contributed by atoms with Gasteiger partial charge in [0.2, 0.25) is 0 Å². The number of unbranched alkanes of at least 4 members (excludes halogenated alkanes) is 9. The molecule has 0 radical (unpaired) electrons. The van der Waals surface area contributed by atoms with Gasteiger partial charge in [-0.15, -0.1) is 0 Å². The summed E-state index contributed by atoms with van der Waals surface area (Å²) in [5.41, 5.74) is 0. The van der Waals surface area contributed by atoms with Crippen molar-refractivity contribution in [2.24, 2.45) is 5.92 Å². The molecular weight excluding hydrogens is 260 g/mol. The van der Waals surface area contributed by atoms with Crippen molar-refractivity contribution in [2.75, 3.05) is 13.2 Å². The minimum atomic E-state index is 0.530. The molecule has 2 nitrogen and oxygen atoms in total. The van der Waals surface area contributed by atoms with Crippen LogP contribution in [-0.2, 0) is 9.47 Å². The van der Waals surface area contributed by atoms with Gasteiger partial charge in [0.25, 0.3) is 0 Å². The molecule has 0 N–H and O–H groups in total. The Morgan fingerprint density at radius 3 is 2.00 bits per heavy atom. The molecule has 0 heterocycles. The van der Waals surface area contributed by atoms with Gasteiger partial charge in [-0.1, -0.05) is 64.7 Å². The Bertz CT molecular complexity index is 250. The Hall–Kier alpha value is -0.0800. The lowest BCUT2D eigenvalue weighted by molar-refractivity contribution is 0.0667. The molecule has 0 spiro atoms. The number of rotatable bonds is 15. The topological polar surface area (TPSA) is 18.5 Å². The van der Waals surface area contributed by atoms with Gasteiger partial charge < -0.3 is 9.47 Å². The van der Waals surface area contributed by atoms with Crippen molar-refractivity contribution < 1.29 is 9.47 Å². The van der Waals surface area contributed by atoms with Crippen molar-refractivity contribution >= 4 is 0 Å². The van der Waals surface area contributed by atoms with E-state index in [1.807, 2.05) is 0 Å². The van der Waals surface area contributed by atoms with Crippen LogP contribution in [-0.4, -0.2) is 25.4 Å². The van der Waals surface area contributed by atoms with Crippen LogP contribution in [0, 0.1) is 5.92 Å². The van der Waals surface area contributed by atoms with Crippen LogP contribution in [0.15, 0.2) is 0 Å². The monoisotopic (exact) mass is 296 g/mol. The zero-order chi connectivity index (χ0) is 14.8. The molecule has 2 fully saturated rings. The third-order valence-electron chi connectivity index (χ3n) is 4.76. The van der Waals surface area contributed by atoms with Gasteiger partial charge in [-0.3, -0.25) is 0 Å². The zero-order valence-corrected chi connectivity index (χ0v) is 14.2. The lowest BCUT2D eigenvalue weighted by Crippen LogP contribution is -2.05. The van der Waals surface area contributed by atoms with Gasteiger partial charge in [0, 0.05) is 12.5 Å². The molecule has 0 aliphatic heterocycles. The smallest absolute Gasteiger partial charge is 0.0630 e. The van der Waals surface area contributed by atoms with E-state index in [9.17, 15) is 0 Å². The molecule has 0 aromatic rings. The Morgan fingerprint density at radius 1 is 0.762 bits per heavy atom. The molecule has 2 aliphatic carbocycles. The van der Waals surface area contributed by atoms with E-state index in [4.69, 9.17) is 9.47 Å². The summed E-state index contributed by atoms with van der Waals surface area (Å²) in [6.45, 7) is 4.21. The van der Waals surface area contributed by atoms with E-state index in [1.165, 1.54) is 83.5 Å². The van der Waals surface area contributed by atoms with E-state index >= 15 is 0 Å². The van der Waals surface area contributed by atoms with Crippen LogP contribution in [0.2, 0.25) is 0 Å². The van der Waals surface area contributed by atoms with Gasteiger partial charge >= 0.3 is 0 Å². The van der Waals surface area contributed by atoms with E-state index in [-0.39, 0.29) is 0 Å². The molecule has 0 amide bonds. The summed E-state index contributed by atoms with van der Waals surface area (Å²) >= 11 is 0. The summed E-state index contributed by atoms with van der Waals surface area (Å²) in [6.07, 6.45) is 18.9. The normalized spacial score (nSPS) is 24.4. The Labute approximate surface area is 132 Å². The van der Waals surface area contributed by atoms with Gasteiger partial charge in [-0.2, -0.15) is 0 Å². The van der Waals surface area contributed by atoms with Crippen molar-refractivity contribution in [1.29, 1.82) is 0 Å². The van der Waals surface area contributed by atoms with E-state index in [1.54, 1.807) is 0 Å². The predicted octanol–water partition coefficient (Wildman–Crippen LogP) is 5.49. The zero-order valence-electron chi connectivity index (χ0n) is 14.2. The highest BCUT2D eigenvalue weighted by molar-refractivity contribution is 4.88. The molecular formula is C19H36O2. The molecule has 0 bridgehead atoms. The van der Waals surface area contributed by atoms with Gasteiger partial charge in [0.05, 0.1) is 18.8 Å². The van der Waals surface area contributed by atoms with Gasteiger partial charge in [0.1, 0.15) is 0 Å². The largest absolute Gasteiger partial charge is 0.378 e. The molecule has 21 heavy (non-hydrogen) atoms. The van der Waals surface area contributed by atoms with E-state index in [0.29, 0.717) is 18.1 Å². The molecule has 0 saturated heterocycles. The Morgan fingerprint density at radius 2 is 1.38 bits per heavy atom. The van der Waals surface area contributed by atoms with Crippen LogP contribution >= 0.6 is 0 Å². The summed E-state index contributed by atoms with van der Waals surface area (Å²) in [5.74, 6) is 0.716. The summed E-state index contributed by atoms with van der Waals surface area (Å²) in [7, 11) is 0. The number of ether oxygens (including phenoxy) is 2. The lowest BCUT2D eigenvalue weighted by atomic mass is 10.1. The first-order valence-electron chi connectivity index (χ1n) is 9.63. The van der Waals surface area contributed by atoms with Crippen LogP contribution in [0.3, 0.4) is 0 Å². The summed E-state index contributed by atoms with van der Waals surface area (Å²) in [6, 6.07) is 0. The van der Waals surface area contributed by atoms with Gasteiger partial charge in [-0.05, 0) is 25.7 Å². The standard InChI is InChI=1S/C19H36O2/c1-2-3-4-5-6-7-8-9-10-11-14-20-19-15-17(19)16-21-18-12-13-18/h17-19H,2-16H2,1H3. The van der Waals surface area contributed by atoms with Crippen LogP contribution in [0.1, 0.15) is 90.4 Å². The average molecular weight is 296 g/mol. The maximum atomic E-state index is 5.91. The molecule has 2 heteroatoms. The summed E-state index contributed by atoms with van der Waals surface area (Å²) < 4.78 is 11.6. The molecule has 2 unspecified atom stereocenters. The van der Waals surface area contributed by atoms with E-state index in [2.05, 4.69) is 6.92 Å². The SMILES string of the molecule is CCCCCCCCCCCCOC1CC1COC1CC1. The van der Waals surface area contributed by atoms with Crippen LogP contribution in [0.25, 0.3) is 0 Å². The maximum absolute atomic E-state index is 5.91.